The van der Waals surface area contributed by atoms with Gasteiger partial charge in [0.15, 0.2) is 12.4 Å². The third-order valence-electron chi connectivity index (χ3n) is 2.56. The summed E-state index contributed by atoms with van der Waals surface area (Å²) in [5.41, 5.74) is 0.745. The van der Waals surface area contributed by atoms with Crippen molar-refractivity contribution in [2.45, 2.75) is 20.1 Å². The SMILES string of the molecule is CCNCc1ccc(OCc2ncon2)c([N+](=O)[O-])c1. The molecule has 0 saturated carbocycles. The molecule has 1 heterocycles. The van der Waals surface area contributed by atoms with Crippen molar-refractivity contribution >= 4 is 5.69 Å². The van der Waals surface area contributed by atoms with Crippen LogP contribution >= 0.6 is 0 Å². The topological polar surface area (TPSA) is 103 Å². The van der Waals surface area contributed by atoms with Crippen LogP contribution in [0.4, 0.5) is 5.69 Å². The van der Waals surface area contributed by atoms with E-state index in [1.807, 2.05) is 6.92 Å². The summed E-state index contributed by atoms with van der Waals surface area (Å²) in [7, 11) is 0. The van der Waals surface area contributed by atoms with E-state index in [2.05, 4.69) is 20.0 Å². The Morgan fingerprint density at radius 1 is 1.50 bits per heavy atom. The molecular weight excluding hydrogens is 264 g/mol. The molecule has 0 fully saturated rings. The van der Waals surface area contributed by atoms with Gasteiger partial charge in [-0.2, -0.15) is 4.98 Å². The molecule has 0 radical (unpaired) electrons. The highest BCUT2D eigenvalue weighted by molar-refractivity contribution is 5.48. The van der Waals surface area contributed by atoms with Crippen LogP contribution in [0.3, 0.4) is 0 Å². The lowest BCUT2D eigenvalue weighted by Gasteiger charge is -2.07. The molecule has 0 spiro atoms. The monoisotopic (exact) mass is 278 g/mol. The van der Waals surface area contributed by atoms with Gasteiger partial charge < -0.3 is 14.6 Å². The Morgan fingerprint density at radius 2 is 2.35 bits per heavy atom. The van der Waals surface area contributed by atoms with E-state index in [0.717, 1.165) is 12.1 Å². The minimum Gasteiger partial charge on any atom is -0.478 e. The maximum atomic E-state index is 11.1. The molecule has 0 amide bonds. The van der Waals surface area contributed by atoms with Crippen molar-refractivity contribution in [2.24, 2.45) is 0 Å². The lowest BCUT2D eigenvalue weighted by atomic mass is 10.2. The Balaban J connectivity index is 2.12. The number of hydrogen-bond acceptors (Lipinski definition) is 7. The highest BCUT2D eigenvalue weighted by atomic mass is 16.6. The van der Waals surface area contributed by atoms with Crippen LogP contribution in [0.15, 0.2) is 29.1 Å². The van der Waals surface area contributed by atoms with Crippen molar-refractivity contribution in [1.29, 1.82) is 0 Å². The molecule has 0 unspecified atom stereocenters. The molecule has 1 aromatic carbocycles. The van der Waals surface area contributed by atoms with E-state index in [-0.39, 0.29) is 18.0 Å². The summed E-state index contributed by atoms with van der Waals surface area (Å²) in [6, 6.07) is 4.85. The van der Waals surface area contributed by atoms with Crippen molar-refractivity contribution in [3.8, 4) is 5.75 Å². The fraction of sp³-hybridized carbons (Fsp3) is 0.333. The summed E-state index contributed by atoms with van der Waals surface area (Å²) >= 11 is 0. The molecule has 0 aliphatic carbocycles. The predicted molar refractivity (Wildman–Crippen MR) is 69.1 cm³/mol. The average molecular weight is 278 g/mol. The van der Waals surface area contributed by atoms with Gasteiger partial charge in [0.2, 0.25) is 12.2 Å². The maximum absolute atomic E-state index is 11.1. The quantitative estimate of drug-likeness (QED) is 0.606. The lowest BCUT2D eigenvalue weighted by Crippen LogP contribution is -2.12. The molecule has 0 bridgehead atoms. The summed E-state index contributed by atoms with van der Waals surface area (Å²) in [5, 5.41) is 17.7. The van der Waals surface area contributed by atoms with E-state index in [1.165, 1.54) is 12.5 Å². The van der Waals surface area contributed by atoms with Crippen LogP contribution in [0.2, 0.25) is 0 Å². The van der Waals surface area contributed by atoms with Crippen LogP contribution in [-0.2, 0) is 13.2 Å². The largest absolute Gasteiger partial charge is 0.478 e. The van der Waals surface area contributed by atoms with Crippen LogP contribution in [0.25, 0.3) is 0 Å². The fourth-order valence-electron chi connectivity index (χ4n) is 1.61. The zero-order chi connectivity index (χ0) is 14.4. The molecule has 1 N–H and O–H groups in total. The van der Waals surface area contributed by atoms with E-state index in [0.29, 0.717) is 12.4 Å². The smallest absolute Gasteiger partial charge is 0.311 e. The van der Waals surface area contributed by atoms with Gasteiger partial charge in [-0.1, -0.05) is 18.1 Å². The average Bonchev–Trinajstić information content (AvgIpc) is 2.96. The predicted octanol–water partition coefficient (Wildman–Crippen LogP) is 1.67. The first kappa shape index (κ1) is 13.9. The van der Waals surface area contributed by atoms with Crippen molar-refractivity contribution in [3.63, 3.8) is 0 Å². The molecular formula is C12H14N4O4. The molecule has 0 atom stereocenters. The van der Waals surface area contributed by atoms with E-state index in [1.54, 1.807) is 12.1 Å². The van der Waals surface area contributed by atoms with E-state index in [9.17, 15) is 10.1 Å². The highest BCUT2D eigenvalue weighted by Gasteiger charge is 2.16. The molecule has 8 heteroatoms. The van der Waals surface area contributed by atoms with Crippen LogP contribution in [0, 0.1) is 10.1 Å². The number of ether oxygens (including phenoxy) is 1. The zero-order valence-electron chi connectivity index (χ0n) is 10.9. The Morgan fingerprint density at radius 3 is 3.00 bits per heavy atom. The molecule has 8 nitrogen and oxygen atoms in total. The van der Waals surface area contributed by atoms with Crippen LogP contribution in [0.5, 0.6) is 5.75 Å². The minimum absolute atomic E-state index is 0.0178. The van der Waals surface area contributed by atoms with Gasteiger partial charge in [0.05, 0.1) is 4.92 Å². The molecule has 2 rings (SSSR count). The lowest BCUT2D eigenvalue weighted by molar-refractivity contribution is -0.386. The van der Waals surface area contributed by atoms with Gasteiger partial charge in [-0.25, -0.2) is 0 Å². The molecule has 0 saturated heterocycles. The fourth-order valence-corrected chi connectivity index (χ4v) is 1.61. The summed E-state index contributed by atoms with van der Waals surface area (Å²) in [6.07, 6.45) is 1.17. The summed E-state index contributed by atoms with van der Waals surface area (Å²) in [4.78, 5) is 14.4. The first-order valence-corrected chi connectivity index (χ1v) is 6.06. The van der Waals surface area contributed by atoms with Crippen molar-refractivity contribution in [1.82, 2.24) is 15.5 Å². The van der Waals surface area contributed by atoms with Crippen molar-refractivity contribution in [3.05, 3.63) is 46.1 Å². The number of nitro groups is 1. The first-order valence-electron chi connectivity index (χ1n) is 6.06. The second-order valence-electron chi connectivity index (χ2n) is 3.98. The van der Waals surface area contributed by atoms with Crippen LogP contribution in [0.1, 0.15) is 18.3 Å². The molecule has 1 aromatic heterocycles. The van der Waals surface area contributed by atoms with E-state index in [4.69, 9.17) is 4.74 Å². The third kappa shape index (κ3) is 3.51. The van der Waals surface area contributed by atoms with Crippen LogP contribution < -0.4 is 10.1 Å². The zero-order valence-corrected chi connectivity index (χ0v) is 10.9. The number of benzene rings is 1. The maximum Gasteiger partial charge on any atom is 0.311 e. The summed E-state index contributed by atoms with van der Waals surface area (Å²) < 4.78 is 9.92. The van der Waals surface area contributed by atoms with Crippen molar-refractivity contribution < 1.29 is 14.2 Å². The van der Waals surface area contributed by atoms with Gasteiger partial charge in [0.1, 0.15) is 0 Å². The third-order valence-corrected chi connectivity index (χ3v) is 2.56. The number of nitrogens with one attached hydrogen (secondary N) is 1. The van der Waals surface area contributed by atoms with Gasteiger partial charge in [-0.15, -0.1) is 0 Å². The Kier molecular flexibility index (Phi) is 4.61. The van der Waals surface area contributed by atoms with E-state index < -0.39 is 4.92 Å². The Hall–Kier alpha value is -2.48. The highest BCUT2D eigenvalue weighted by Crippen LogP contribution is 2.28. The van der Waals surface area contributed by atoms with Gasteiger partial charge in [0, 0.05) is 12.6 Å². The Bertz CT molecular complexity index is 571. The minimum atomic E-state index is -0.471. The molecule has 2 aromatic rings. The number of nitro benzene ring substituents is 1. The van der Waals surface area contributed by atoms with Gasteiger partial charge >= 0.3 is 5.69 Å². The van der Waals surface area contributed by atoms with Gasteiger partial charge in [-0.3, -0.25) is 10.1 Å². The van der Waals surface area contributed by atoms with E-state index >= 15 is 0 Å². The second kappa shape index (κ2) is 6.62. The number of nitrogens with zero attached hydrogens (tertiary/aromatic N) is 3. The first-order chi connectivity index (χ1) is 9.70. The summed E-state index contributed by atoms with van der Waals surface area (Å²) in [6.45, 7) is 3.35. The standard InChI is InChI=1S/C12H14N4O4/c1-2-13-6-9-3-4-11(10(5-9)16(17)18)19-7-12-14-8-20-15-12/h3-5,8,13H,2,6-7H2,1H3. The number of rotatable bonds is 7. The molecule has 0 aliphatic rings. The summed E-state index contributed by atoms with van der Waals surface area (Å²) in [5.74, 6) is 0.510. The van der Waals surface area contributed by atoms with Gasteiger partial charge in [-0.05, 0) is 18.2 Å². The van der Waals surface area contributed by atoms with Crippen molar-refractivity contribution in [2.75, 3.05) is 6.54 Å². The van der Waals surface area contributed by atoms with Crippen LogP contribution in [-0.4, -0.2) is 21.6 Å². The molecule has 0 aliphatic heterocycles. The number of hydrogen-bond donors (Lipinski definition) is 1. The Labute approximate surface area is 114 Å². The van der Waals surface area contributed by atoms with Gasteiger partial charge in [0.25, 0.3) is 0 Å². The molecule has 20 heavy (non-hydrogen) atoms. The molecule has 106 valence electrons. The second-order valence-corrected chi connectivity index (χ2v) is 3.98. The normalized spacial score (nSPS) is 10.4. The number of aromatic nitrogens is 2.